The summed E-state index contributed by atoms with van der Waals surface area (Å²) in [6, 6.07) is 8.20. The van der Waals surface area contributed by atoms with Gasteiger partial charge >= 0.3 is 0 Å². The second-order valence-electron chi connectivity index (χ2n) is 4.41. The van der Waals surface area contributed by atoms with Crippen molar-refractivity contribution in [3.63, 3.8) is 0 Å². The highest BCUT2D eigenvalue weighted by molar-refractivity contribution is 5.85. The second kappa shape index (κ2) is 9.78. The van der Waals surface area contributed by atoms with E-state index in [1.165, 1.54) is 5.56 Å². The molecule has 0 aliphatic rings. The van der Waals surface area contributed by atoms with E-state index in [1.54, 1.807) is 12.0 Å². The van der Waals surface area contributed by atoms with Crippen molar-refractivity contribution in [3.05, 3.63) is 35.4 Å². The number of hydrogen-bond donors (Lipinski definition) is 1. The van der Waals surface area contributed by atoms with Crippen LogP contribution in [0.5, 0.6) is 0 Å². The normalized spacial score (nSPS) is 9.84. The molecule has 1 rings (SSSR count). The average molecular weight is 287 g/mol. The highest BCUT2D eigenvalue weighted by Crippen LogP contribution is 2.06. The fourth-order valence-corrected chi connectivity index (χ4v) is 1.68. The third kappa shape index (κ3) is 7.15. The first kappa shape index (κ1) is 17.9. The molecule has 1 aromatic carbocycles. The molecule has 0 atom stereocenters. The molecule has 1 amide bonds. The number of ether oxygens (including phenoxy) is 1. The van der Waals surface area contributed by atoms with Gasteiger partial charge in [0.1, 0.15) is 0 Å². The lowest BCUT2D eigenvalue weighted by Gasteiger charge is -2.17. The summed E-state index contributed by atoms with van der Waals surface area (Å²) in [6.07, 6.45) is 0. The zero-order valence-electron chi connectivity index (χ0n) is 11.8. The minimum Gasteiger partial charge on any atom is -0.383 e. The Hall–Kier alpha value is -1.10. The molecule has 0 aliphatic carbocycles. The molecule has 0 fully saturated rings. The molecular formula is C14H23ClN2O2. The van der Waals surface area contributed by atoms with Crippen molar-refractivity contribution < 1.29 is 9.53 Å². The molecular weight excluding hydrogens is 264 g/mol. The van der Waals surface area contributed by atoms with Gasteiger partial charge in [-0.2, -0.15) is 0 Å². The van der Waals surface area contributed by atoms with Crippen LogP contribution in [0, 0.1) is 6.92 Å². The number of halogens is 1. The number of methoxy groups -OCH3 is 1. The fraction of sp³-hybridized carbons (Fsp3) is 0.500. The van der Waals surface area contributed by atoms with Crippen molar-refractivity contribution in [2.45, 2.75) is 13.5 Å². The molecule has 1 N–H and O–H groups in total. The number of carbonyl (C=O) groups excluding carboxylic acids is 1. The van der Waals surface area contributed by atoms with Crippen LogP contribution in [0.2, 0.25) is 0 Å². The van der Waals surface area contributed by atoms with E-state index >= 15 is 0 Å². The Kier molecular flexibility index (Phi) is 9.21. The van der Waals surface area contributed by atoms with Crippen LogP contribution in [0.1, 0.15) is 11.1 Å². The molecule has 5 heteroatoms. The van der Waals surface area contributed by atoms with Gasteiger partial charge in [-0.3, -0.25) is 4.79 Å². The first-order chi connectivity index (χ1) is 8.63. The van der Waals surface area contributed by atoms with Gasteiger partial charge in [0.15, 0.2) is 0 Å². The summed E-state index contributed by atoms with van der Waals surface area (Å²) in [6.45, 7) is 4.37. The van der Waals surface area contributed by atoms with Crippen LogP contribution in [0.15, 0.2) is 24.3 Å². The van der Waals surface area contributed by atoms with Gasteiger partial charge in [0.2, 0.25) is 5.91 Å². The van der Waals surface area contributed by atoms with E-state index in [-0.39, 0.29) is 18.3 Å². The van der Waals surface area contributed by atoms with E-state index in [0.717, 1.165) is 5.56 Å². The Bertz CT molecular complexity index is 385. The predicted molar refractivity (Wildman–Crippen MR) is 79.6 cm³/mol. The Labute approximate surface area is 121 Å². The number of benzene rings is 1. The van der Waals surface area contributed by atoms with Crippen LogP contribution in [0.3, 0.4) is 0 Å². The third-order valence-corrected chi connectivity index (χ3v) is 2.69. The molecule has 0 saturated carbocycles. The number of nitrogens with zero attached hydrogens (tertiary/aromatic N) is 1. The first-order valence-corrected chi connectivity index (χ1v) is 6.12. The lowest BCUT2D eigenvalue weighted by atomic mass is 10.1. The van der Waals surface area contributed by atoms with Gasteiger partial charge in [-0.25, -0.2) is 0 Å². The zero-order chi connectivity index (χ0) is 13.4. The Morgan fingerprint density at radius 2 is 2.16 bits per heavy atom. The number of nitrogens with one attached hydrogen (secondary N) is 1. The Morgan fingerprint density at radius 1 is 1.42 bits per heavy atom. The number of carbonyl (C=O) groups is 1. The monoisotopic (exact) mass is 286 g/mol. The van der Waals surface area contributed by atoms with Crippen molar-refractivity contribution in [2.75, 3.05) is 33.9 Å². The Morgan fingerprint density at radius 3 is 2.79 bits per heavy atom. The molecule has 4 nitrogen and oxygen atoms in total. The summed E-state index contributed by atoms with van der Waals surface area (Å²) in [5.41, 5.74) is 2.37. The smallest absolute Gasteiger partial charge is 0.236 e. The van der Waals surface area contributed by atoms with Crippen molar-refractivity contribution in [3.8, 4) is 0 Å². The van der Waals surface area contributed by atoms with Crippen molar-refractivity contribution in [1.82, 2.24) is 10.2 Å². The molecule has 19 heavy (non-hydrogen) atoms. The standard InChI is InChI=1S/C14H22N2O2.ClH/c1-12-5-4-6-13(9-12)11-16(2)14(17)10-15-7-8-18-3;/h4-6,9,15H,7-8,10-11H2,1-3H3;1H. The van der Waals surface area contributed by atoms with Crippen LogP contribution in [-0.4, -0.2) is 44.7 Å². The summed E-state index contributed by atoms with van der Waals surface area (Å²) < 4.78 is 4.91. The molecule has 108 valence electrons. The van der Waals surface area contributed by atoms with E-state index in [4.69, 9.17) is 4.74 Å². The van der Waals surface area contributed by atoms with Gasteiger partial charge in [-0.1, -0.05) is 29.8 Å². The second-order valence-corrected chi connectivity index (χ2v) is 4.41. The lowest BCUT2D eigenvalue weighted by Crippen LogP contribution is -2.36. The molecule has 0 saturated heterocycles. The summed E-state index contributed by atoms with van der Waals surface area (Å²) in [5.74, 6) is 0.0904. The molecule has 0 aliphatic heterocycles. The predicted octanol–water partition coefficient (Wildman–Crippen LogP) is 1.61. The topological polar surface area (TPSA) is 41.6 Å². The van der Waals surface area contributed by atoms with Crippen LogP contribution in [0.25, 0.3) is 0 Å². The maximum Gasteiger partial charge on any atom is 0.236 e. The highest BCUT2D eigenvalue weighted by Gasteiger charge is 2.08. The molecule has 1 aromatic rings. The van der Waals surface area contributed by atoms with Gasteiger partial charge in [-0.15, -0.1) is 12.4 Å². The summed E-state index contributed by atoms with van der Waals surface area (Å²) in [4.78, 5) is 13.5. The average Bonchev–Trinajstić information content (AvgIpc) is 2.34. The SMILES string of the molecule is COCCNCC(=O)N(C)Cc1cccc(C)c1.Cl. The van der Waals surface area contributed by atoms with Crippen LogP contribution in [-0.2, 0) is 16.1 Å². The fourth-order valence-electron chi connectivity index (χ4n) is 1.68. The summed E-state index contributed by atoms with van der Waals surface area (Å²) >= 11 is 0. The maximum absolute atomic E-state index is 11.8. The Balaban J connectivity index is 0.00000324. The third-order valence-electron chi connectivity index (χ3n) is 2.69. The molecule has 0 radical (unpaired) electrons. The molecule has 0 aromatic heterocycles. The minimum absolute atomic E-state index is 0. The molecule has 0 bridgehead atoms. The van der Waals surface area contributed by atoms with E-state index < -0.39 is 0 Å². The van der Waals surface area contributed by atoms with Gasteiger partial charge in [0.05, 0.1) is 13.2 Å². The van der Waals surface area contributed by atoms with Gasteiger partial charge in [-0.05, 0) is 12.5 Å². The summed E-state index contributed by atoms with van der Waals surface area (Å²) in [5, 5.41) is 3.05. The van der Waals surface area contributed by atoms with Crippen LogP contribution in [0.4, 0.5) is 0 Å². The molecule has 0 spiro atoms. The van der Waals surface area contributed by atoms with E-state index in [9.17, 15) is 4.79 Å². The van der Waals surface area contributed by atoms with Crippen molar-refractivity contribution >= 4 is 18.3 Å². The zero-order valence-corrected chi connectivity index (χ0v) is 12.6. The van der Waals surface area contributed by atoms with Crippen molar-refractivity contribution in [1.29, 1.82) is 0 Å². The van der Waals surface area contributed by atoms with Gasteiger partial charge in [0.25, 0.3) is 0 Å². The first-order valence-electron chi connectivity index (χ1n) is 6.12. The van der Waals surface area contributed by atoms with E-state index in [1.807, 2.05) is 19.2 Å². The number of likely N-dealkylation sites (N-methyl/N-ethyl adjacent to an activating group) is 1. The summed E-state index contributed by atoms with van der Waals surface area (Å²) in [7, 11) is 3.47. The van der Waals surface area contributed by atoms with Crippen molar-refractivity contribution in [2.24, 2.45) is 0 Å². The quantitative estimate of drug-likeness (QED) is 0.775. The highest BCUT2D eigenvalue weighted by atomic mass is 35.5. The maximum atomic E-state index is 11.8. The number of amides is 1. The van der Waals surface area contributed by atoms with E-state index in [2.05, 4.69) is 24.4 Å². The molecule has 0 unspecified atom stereocenters. The lowest BCUT2D eigenvalue weighted by molar-refractivity contribution is -0.129. The number of hydrogen-bond acceptors (Lipinski definition) is 3. The van der Waals surface area contributed by atoms with E-state index in [0.29, 0.717) is 26.2 Å². The van der Waals surface area contributed by atoms with Gasteiger partial charge in [0, 0.05) is 27.2 Å². The van der Waals surface area contributed by atoms with Crippen LogP contribution < -0.4 is 5.32 Å². The number of aryl methyl sites for hydroxylation is 1. The largest absolute Gasteiger partial charge is 0.383 e. The minimum atomic E-state index is 0. The number of rotatable bonds is 7. The van der Waals surface area contributed by atoms with Gasteiger partial charge < -0.3 is 15.0 Å². The van der Waals surface area contributed by atoms with Crippen LogP contribution >= 0.6 is 12.4 Å². The molecule has 0 heterocycles.